The van der Waals surface area contributed by atoms with Gasteiger partial charge in [-0.1, -0.05) is 33.6 Å². The third-order valence-electron chi connectivity index (χ3n) is 6.88. The predicted octanol–water partition coefficient (Wildman–Crippen LogP) is 2.82. The molecule has 198 valence electrons. The second-order valence-electron chi connectivity index (χ2n) is 10.8. The molecule has 0 aromatic heterocycles. The SMILES string of the molecule is CN1N(CCC(C)(C)C)C(=O)C(C2=NS(=O)(=O)c3cc(NS(C)(=O)=O)ccc3N2)=C(O)C12CCCC2. The van der Waals surface area contributed by atoms with Gasteiger partial charge in [-0.15, -0.1) is 4.40 Å². The van der Waals surface area contributed by atoms with Crippen LogP contribution in [0.4, 0.5) is 11.4 Å². The van der Waals surface area contributed by atoms with Gasteiger partial charge in [0.2, 0.25) is 10.0 Å². The van der Waals surface area contributed by atoms with Crippen molar-refractivity contribution in [2.75, 3.05) is 29.9 Å². The number of aliphatic hydroxyl groups is 1. The highest BCUT2D eigenvalue weighted by atomic mass is 32.2. The fraction of sp³-hybridized carbons (Fsp3) is 0.565. The molecule has 1 aliphatic carbocycles. The number of nitrogens with zero attached hydrogens (tertiary/aromatic N) is 3. The van der Waals surface area contributed by atoms with E-state index in [1.165, 1.54) is 12.1 Å². The average molecular weight is 540 g/mol. The van der Waals surface area contributed by atoms with Crippen LogP contribution in [-0.4, -0.2) is 69.1 Å². The molecule has 13 heteroatoms. The molecule has 1 fully saturated rings. The van der Waals surface area contributed by atoms with Crippen molar-refractivity contribution < 1.29 is 26.7 Å². The summed E-state index contributed by atoms with van der Waals surface area (Å²) in [6.45, 7) is 6.62. The maximum Gasteiger partial charge on any atom is 0.286 e. The predicted molar refractivity (Wildman–Crippen MR) is 138 cm³/mol. The Kier molecular flexibility index (Phi) is 6.41. The molecule has 3 aliphatic rings. The summed E-state index contributed by atoms with van der Waals surface area (Å²) in [5, 5.41) is 17.7. The van der Waals surface area contributed by atoms with E-state index in [0.717, 1.165) is 25.2 Å². The van der Waals surface area contributed by atoms with Crippen LogP contribution >= 0.6 is 0 Å². The number of aliphatic hydroxyl groups excluding tert-OH is 1. The number of hydrazine groups is 1. The molecule has 1 aromatic rings. The summed E-state index contributed by atoms with van der Waals surface area (Å²) in [7, 11) is -6.14. The molecule has 11 nitrogen and oxygen atoms in total. The Morgan fingerprint density at radius 3 is 2.44 bits per heavy atom. The second-order valence-corrected chi connectivity index (χ2v) is 14.2. The van der Waals surface area contributed by atoms with Gasteiger partial charge >= 0.3 is 0 Å². The van der Waals surface area contributed by atoms with E-state index >= 15 is 0 Å². The first-order valence-electron chi connectivity index (χ1n) is 11.8. The molecule has 3 N–H and O–H groups in total. The summed E-state index contributed by atoms with van der Waals surface area (Å²) in [5.41, 5.74) is -0.827. The average Bonchev–Trinajstić information content (AvgIpc) is 3.22. The quantitative estimate of drug-likeness (QED) is 0.517. The third-order valence-corrected chi connectivity index (χ3v) is 8.80. The van der Waals surface area contributed by atoms with Gasteiger partial charge in [0.25, 0.3) is 15.9 Å². The van der Waals surface area contributed by atoms with E-state index in [1.807, 2.05) is 5.01 Å². The number of hydrogen-bond acceptors (Lipinski definition) is 8. The van der Waals surface area contributed by atoms with Gasteiger partial charge in [0.05, 0.1) is 17.5 Å². The topological polar surface area (TPSA) is 148 Å². The van der Waals surface area contributed by atoms with Gasteiger partial charge in [-0.2, -0.15) is 8.42 Å². The van der Waals surface area contributed by atoms with Gasteiger partial charge in [-0.05, 0) is 42.9 Å². The van der Waals surface area contributed by atoms with E-state index < -0.39 is 31.5 Å². The highest BCUT2D eigenvalue weighted by Gasteiger charge is 2.52. The highest BCUT2D eigenvalue weighted by Crippen LogP contribution is 2.45. The molecule has 0 bridgehead atoms. The largest absolute Gasteiger partial charge is 0.509 e. The molecular formula is C23H33N5O6S2. The number of benzene rings is 1. The zero-order valence-electron chi connectivity index (χ0n) is 21.1. The van der Waals surface area contributed by atoms with Crippen LogP contribution in [0.25, 0.3) is 0 Å². The zero-order valence-corrected chi connectivity index (χ0v) is 22.8. The van der Waals surface area contributed by atoms with E-state index in [-0.39, 0.29) is 38.9 Å². The van der Waals surface area contributed by atoms with Crippen LogP contribution in [-0.2, 0) is 24.8 Å². The fourth-order valence-electron chi connectivity index (χ4n) is 4.95. The lowest BCUT2D eigenvalue weighted by Crippen LogP contribution is -2.62. The summed E-state index contributed by atoms with van der Waals surface area (Å²) >= 11 is 0. The molecule has 1 aromatic carbocycles. The summed E-state index contributed by atoms with van der Waals surface area (Å²) in [4.78, 5) is 13.5. The molecule has 0 atom stereocenters. The maximum absolute atomic E-state index is 13.7. The van der Waals surface area contributed by atoms with Crippen LogP contribution in [0, 0.1) is 5.41 Å². The number of nitrogens with one attached hydrogen (secondary N) is 2. The monoisotopic (exact) mass is 539 g/mol. The van der Waals surface area contributed by atoms with Gasteiger partial charge in [-0.25, -0.2) is 13.4 Å². The Morgan fingerprint density at radius 2 is 1.86 bits per heavy atom. The normalized spacial score (nSPS) is 21.9. The van der Waals surface area contributed by atoms with E-state index in [0.29, 0.717) is 25.8 Å². The van der Waals surface area contributed by atoms with Crippen molar-refractivity contribution >= 4 is 43.2 Å². The molecular weight excluding hydrogens is 506 g/mol. The van der Waals surface area contributed by atoms with E-state index in [9.17, 15) is 26.7 Å². The number of amides is 1. The highest BCUT2D eigenvalue weighted by molar-refractivity contribution is 7.92. The minimum Gasteiger partial charge on any atom is -0.509 e. The maximum atomic E-state index is 13.7. The molecule has 36 heavy (non-hydrogen) atoms. The fourth-order valence-corrected chi connectivity index (χ4v) is 6.66. The first-order valence-corrected chi connectivity index (χ1v) is 15.1. The number of carbonyl (C=O) groups excluding carboxylic acids is 1. The second kappa shape index (κ2) is 8.73. The molecule has 0 unspecified atom stereocenters. The van der Waals surface area contributed by atoms with Crippen molar-refractivity contribution in [1.29, 1.82) is 0 Å². The minimum atomic E-state index is -4.31. The van der Waals surface area contributed by atoms with Gasteiger partial charge in [0.15, 0.2) is 5.84 Å². The standard InChI is InChI=1S/C23H33N5O6S2/c1-22(2,3)12-13-28-21(30)18(19(29)23(27(28)4)10-6-7-11-23)20-24-16-9-8-15(25-35(5,31)32)14-17(16)36(33,34)26-20/h8-9,14,25,29H,6-7,10-13H2,1-5H3,(H,24,26). The zero-order chi connectivity index (χ0) is 26.7. The van der Waals surface area contributed by atoms with Crippen LogP contribution in [0.2, 0.25) is 0 Å². The molecule has 1 saturated carbocycles. The lowest BCUT2D eigenvalue weighted by atomic mass is 9.87. The van der Waals surface area contributed by atoms with Crippen LogP contribution in [0.15, 0.2) is 38.8 Å². The number of rotatable bonds is 5. The van der Waals surface area contributed by atoms with Crippen molar-refractivity contribution in [3.63, 3.8) is 0 Å². The summed E-state index contributed by atoms with van der Waals surface area (Å²) in [6, 6.07) is 3.97. The molecule has 0 saturated heterocycles. The molecule has 1 amide bonds. The molecule has 2 heterocycles. The van der Waals surface area contributed by atoms with Gasteiger partial charge < -0.3 is 10.4 Å². The van der Waals surface area contributed by atoms with Gasteiger partial charge in [0, 0.05) is 19.3 Å². The Morgan fingerprint density at radius 1 is 1.22 bits per heavy atom. The first-order chi connectivity index (χ1) is 16.5. The number of fused-ring (bicyclic) bond motifs is 1. The number of sulfonamides is 2. The number of likely N-dealkylation sites (N-methyl/N-ethyl adjacent to an activating group) is 1. The molecule has 4 rings (SSSR count). The Balaban J connectivity index is 1.79. The Bertz CT molecular complexity index is 1370. The van der Waals surface area contributed by atoms with Crippen molar-refractivity contribution in [3.05, 3.63) is 29.5 Å². The van der Waals surface area contributed by atoms with E-state index in [1.54, 1.807) is 12.1 Å². The van der Waals surface area contributed by atoms with E-state index in [2.05, 4.69) is 35.2 Å². The van der Waals surface area contributed by atoms with Crippen LogP contribution in [0.5, 0.6) is 0 Å². The van der Waals surface area contributed by atoms with Crippen molar-refractivity contribution in [2.45, 2.75) is 63.3 Å². The Labute approximate surface area is 212 Å². The number of hydrogen-bond donors (Lipinski definition) is 3. The van der Waals surface area contributed by atoms with Gasteiger partial charge in [-0.3, -0.25) is 14.5 Å². The Hall–Kier alpha value is -2.64. The molecule has 0 radical (unpaired) electrons. The third kappa shape index (κ3) is 4.83. The summed E-state index contributed by atoms with van der Waals surface area (Å²) in [5.74, 6) is -0.953. The summed E-state index contributed by atoms with van der Waals surface area (Å²) in [6.07, 6.45) is 4.62. The van der Waals surface area contributed by atoms with Crippen LogP contribution in [0.3, 0.4) is 0 Å². The molecule has 1 spiro atoms. The molecule has 2 aliphatic heterocycles. The van der Waals surface area contributed by atoms with Crippen molar-refractivity contribution in [1.82, 2.24) is 10.0 Å². The number of amidine groups is 1. The summed E-state index contributed by atoms with van der Waals surface area (Å²) < 4.78 is 55.5. The van der Waals surface area contributed by atoms with Gasteiger partial charge in [0.1, 0.15) is 16.2 Å². The smallest absolute Gasteiger partial charge is 0.286 e. The number of anilines is 2. The number of carbonyl (C=O) groups is 1. The van der Waals surface area contributed by atoms with Crippen molar-refractivity contribution in [2.24, 2.45) is 9.81 Å². The van der Waals surface area contributed by atoms with Crippen LogP contribution in [0.1, 0.15) is 52.9 Å². The lowest BCUT2D eigenvalue weighted by molar-refractivity contribution is -0.159. The van der Waals surface area contributed by atoms with E-state index in [4.69, 9.17) is 0 Å². The van der Waals surface area contributed by atoms with Crippen LogP contribution < -0.4 is 10.0 Å². The first kappa shape index (κ1) is 26.4. The van der Waals surface area contributed by atoms with Crippen molar-refractivity contribution in [3.8, 4) is 0 Å². The minimum absolute atomic E-state index is 0.0477. The lowest BCUT2D eigenvalue weighted by Gasteiger charge is -2.49.